The Labute approximate surface area is 102 Å². The van der Waals surface area contributed by atoms with Crippen molar-refractivity contribution in [3.8, 4) is 0 Å². The first-order valence-corrected chi connectivity index (χ1v) is 6.48. The van der Waals surface area contributed by atoms with Gasteiger partial charge >= 0.3 is 0 Å². The Balaban J connectivity index is 1.90. The molecule has 3 atom stereocenters. The van der Waals surface area contributed by atoms with Crippen LogP contribution in [0.1, 0.15) is 42.9 Å². The Morgan fingerprint density at radius 3 is 3.00 bits per heavy atom. The number of rotatable bonds is 1. The molecule has 4 N–H and O–H groups in total. The standard InChI is InChI=1S/C14H20N2O/c15-11-5-3-7-14(17,8-11)13-12-6-2-1-4-10(12)9-16-13/h1-2,4,6,11,13,16-17H,3,5,7-9,15H2. The van der Waals surface area contributed by atoms with Crippen LogP contribution >= 0.6 is 0 Å². The highest BCUT2D eigenvalue weighted by Gasteiger charge is 2.43. The van der Waals surface area contributed by atoms with E-state index < -0.39 is 5.60 Å². The molecule has 3 nitrogen and oxygen atoms in total. The molecule has 0 saturated heterocycles. The van der Waals surface area contributed by atoms with Crippen molar-refractivity contribution in [1.82, 2.24) is 5.32 Å². The lowest BCUT2D eigenvalue weighted by Gasteiger charge is -2.40. The smallest absolute Gasteiger partial charge is 0.0856 e. The van der Waals surface area contributed by atoms with E-state index >= 15 is 0 Å². The van der Waals surface area contributed by atoms with Gasteiger partial charge in [0.05, 0.1) is 11.6 Å². The molecule has 3 heteroatoms. The second-order valence-corrected chi connectivity index (χ2v) is 5.47. The minimum atomic E-state index is -0.662. The first kappa shape index (κ1) is 11.2. The van der Waals surface area contributed by atoms with Gasteiger partial charge < -0.3 is 16.2 Å². The zero-order valence-corrected chi connectivity index (χ0v) is 10.0. The first-order valence-electron chi connectivity index (χ1n) is 6.48. The van der Waals surface area contributed by atoms with Crippen LogP contribution in [0.2, 0.25) is 0 Å². The SMILES string of the molecule is NC1CCCC(O)(C2NCc3ccccc32)C1. The van der Waals surface area contributed by atoms with Crippen molar-refractivity contribution in [2.75, 3.05) is 0 Å². The van der Waals surface area contributed by atoms with Gasteiger partial charge in [-0.1, -0.05) is 24.3 Å². The number of nitrogens with two attached hydrogens (primary N) is 1. The molecule has 3 rings (SSSR count). The van der Waals surface area contributed by atoms with Crippen molar-refractivity contribution in [3.05, 3.63) is 35.4 Å². The zero-order chi connectivity index (χ0) is 11.9. The molecule has 1 fully saturated rings. The molecule has 0 radical (unpaired) electrons. The lowest BCUT2D eigenvalue weighted by molar-refractivity contribution is -0.0342. The van der Waals surface area contributed by atoms with Crippen molar-refractivity contribution in [1.29, 1.82) is 0 Å². The van der Waals surface area contributed by atoms with Gasteiger partial charge in [-0.05, 0) is 36.8 Å². The molecule has 1 saturated carbocycles. The topological polar surface area (TPSA) is 58.3 Å². The number of fused-ring (bicyclic) bond motifs is 1. The van der Waals surface area contributed by atoms with E-state index in [1.807, 2.05) is 6.07 Å². The average molecular weight is 232 g/mol. The largest absolute Gasteiger partial charge is 0.388 e. The maximum Gasteiger partial charge on any atom is 0.0856 e. The molecule has 1 aliphatic heterocycles. The molecule has 1 aromatic carbocycles. The van der Waals surface area contributed by atoms with Gasteiger partial charge in [-0.3, -0.25) is 0 Å². The lowest BCUT2D eigenvalue weighted by Crippen LogP contribution is -2.48. The summed E-state index contributed by atoms with van der Waals surface area (Å²) in [5.41, 5.74) is 7.91. The third-order valence-electron chi connectivity index (χ3n) is 4.20. The molecule has 1 heterocycles. The van der Waals surface area contributed by atoms with E-state index in [0.29, 0.717) is 6.42 Å². The predicted octanol–water partition coefficient (Wildman–Crippen LogP) is 1.46. The molecule has 0 bridgehead atoms. The molecule has 0 aromatic heterocycles. The maximum absolute atomic E-state index is 10.8. The van der Waals surface area contributed by atoms with Crippen LogP contribution in [-0.2, 0) is 6.54 Å². The van der Waals surface area contributed by atoms with Crippen LogP contribution in [-0.4, -0.2) is 16.7 Å². The van der Waals surface area contributed by atoms with Gasteiger partial charge in [0.15, 0.2) is 0 Å². The summed E-state index contributed by atoms with van der Waals surface area (Å²) >= 11 is 0. The van der Waals surface area contributed by atoms with Crippen molar-refractivity contribution in [2.45, 2.75) is 49.9 Å². The van der Waals surface area contributed by atoms with E-state index in [9.17, 15) is 5.11 Å². The third-order valence-corrected chi connectivity index (χ3v) is 4.20. The van der Waals surface area contributed by atoms with E-state index in [1.54, 1.807) is 0 Å². The quantitative estimate of drug-likeness (QED) is 0.687. The fraction of sp³-hybridized carbons (Fsp3) is 0.571. The Hall–Kier alpha value is -0.900. The highest BCUT2D eigenvalue weighted by Crippen LogP contribution is 2.41. The number of nitrogens with one attached hydrogen (secondary N) is 1. The summed E-state index contributed by atoms with van der Waals surface area (Å²) in [6.45, 7) is 0.860. The van der Waals surface area contributed by atoms with Gasteiger partial charge in [0.25, 0.3) is 0 Å². The van der Waals surface area contributed by atoms with Gasteiger partial charge in [-0.25, -0.2) is 0 Å². The number of benzene rings is 1. The molecule has 1 aromatic rings. The van der Waals surface area contributed by atoms with Crippen LogP contribution in [0.15, 0.2) is 24.3 Å². The van der Waals surface area contributed by atoms with E-state index in [2.05, 4.69) is 23.5 Å². The molecule has 0 amide bonds. The molecular weight excluding hydrogens is 212 g/mol. The van der Waals surface area contributed by atoms with Gasteiger partial charge in [-0.15, -0.1) is 0 Å². The normalized spacial score (nSPS) is 36.8. The molecule has 3 unspecified atom stereocenters. The second-order valence-electron chi connectivity index (χ2n) is 5.47. The highest BCUT2D eigenvalue weighted by atomic mass is 16.3. The Morgan fingerprint density at radius 2 is 2.18 bits per heavy atom. The summed E-state index contributed by atoms with van der Waals surface area (Å²) in [5.74, 6) is 0. The fourth-order valence-corrected chi connectivity index (χ4v) is 3.37. The minimum absolute atomic E-state index is 0.0602. The Kier molecular flexibility index (Phi) is 2.69. The maximum atomic E-state index is 10.8. The monoisotopic (exact) mass is 232 g/mol. The summed E-state index contributed by atoms with van der Waals surface area (Å²) in [5, 5.41) is 14.3. The number of hydrogen-bond acceptors (Lipinski definition) is 3. The first-order chi connectivity index (χ1) is 8.19. The second kappa shape index (κ2) is 4.09. The number of hydrogen-bond donors (Lipinski definition) is 3. The van der Waals surface area contributed by atoms with Crippen LogP contribution in [0.25, 0.3) is 0 Å². The van der Waals surface area contributed by atoms with Crippen molar-refractivity contribution in [3.63, 3.8) is 0 Å². The van der Waals surface area contributed by atoms with Crippen molar-refractivity contribution in [2.24, 2.45) is 5.73 Å². The summed E-state index contributed by atoms with van der Waals surface area (Å²) in [4.78, 5) is 0. The number of aliphatic hydroxyl groups is 1. The summed E-state index contributed by atoms with van der Waals surface area (Å²) in [6.07, 6.45) is 3.63. The fourth-order valence-electron chi connectivity index (χ4n) is 3.37. The Morgan fingerprint density at radius 1 is 1.35 bits per heavy atom. The minimum Gasteiger partial charge on any atom is -0.388 e. The molecule has 17 heavy (non-hydrogen) atoms. The van der Waals surface area contributed by atoms with E-state index in [1.165, 1.54) is 11.1 Å². The van der Waals surface area contributed by atoms with Crippen LogP contribution in [0, 0.1) is 0 Å². The van der Waals surface area contributed by atoms with Crippen LogP contribution in [0.3, 0.4) is 0 Å². The molecule has 92 valence electrons. The molecular formula is C14H20N2O. The van der Waals surface area contributed by atoms with E-state index in [4.69, 9.17) is 5.73 Å². The predicted molar refractivity (Wildman–Crippen MR) is 67.4 cm³/mol. The van der Waals surface area contributed by atoms with Crippen molar-refractivity contribution < 1.29 is 5.11 Å². The summed E-state index contributed by atoms with van der Waals surface area (Å²) in [6, 6.07) is 8.56. The molecule has 0 spiro atoms. The zero-order valence-electron chi connectivity index (χ0n) is 10.0. The Bertz CT molecular complexity index is 420. The van der Waals surface area contributed by atoms with Gasteiger partial charge in [0.2, 0.25) is 0 Å². The van der Waals surface area contributed by atoms with Crippen LogP contribution in [0.5, 0.6) is 0 Å². The van der Waals surface area contributed by atoms with E-state index in [0.717, 1.165) is 25.8 Å². The molecule has 1 aliphatic carbocycles. The van der Waals surface area contributed by atoms with Gasteiger partial charge in [0.1, 0.15) is 0 Å². The molecule has 2 aliphatic rings. The average Bonchev–Trinajstić information content (AvgIpc) is 2.72. The van der Waals surface area contributed by atoms with Crippen molar-refractivity contribution >= 4 is 0 Å². The van der Waals surface area contributed by atoms with Gasteiger partial charge in [-0.2, -0.15) is 0 Å². The lowest BCUT2D eigenvalue weighted by atomic mass is 9.75. The summed E-state index contributed by atoms with van der Waals surface area (Å²) in [7, 11) is 0. The van der Waals surface area contributed by atoms with Gasteiger partial charge in [0, 0.05) is 12.6 Å². The third kappa shape index (κ3) is 1.88. The summed E-state index contributed by atoms with van der Waals surface area (Å²) < 4.78 is 0. The highest BCUT2D eigenvalue weighted by molar-refractivity contribution is 5.36. The van der Waals surface area contributed by atoms with Crippen LogP contribution < -0.4 is 11.1 Å². The van der Waals surface area contributed by atoms with Crippen LogP contribution in [0.4, 0.5) is 0 Å². The van der Waals surface area contributed by atoms with E-state index in [-0.39, 0.29) is 12.1 Å².